The number of nitrogens with zero attached hydrogens (tertiary/aromatic N) is 1. The first kappa shape index (κ1) is 15.6. The molecule has 1 aliphatic heterocycles. The van der Waals surface area contributed by atoms with Crippen LogP contribution in [0, 0.1) is 23.7 Å². The standard InChI is InChI=1S/C21H23NO2S/c1-11-7-8-14-13(9-11)10-15-18(12(2)24-21(15)23)19(14)20-22-16-5-3-4-6-17(16)25-20/h3-6,10-12,14-15,18-19H,7-9H2,1-2H3/t11-,12-,14-,15-,18-,19+/m1/s1. The molecule has 0 radical (unpaired) electrons. The number of cyclic esters (lactones) is 1. The first-order valence-electron chi connectivity index (χ1n) is 9.38. The molecule has 0 spiro atoms. The van der Waals surface area contributed by atoms with E-state index in [4.69, 9.17) is 9.72 Å². The van der Waals surface area contributed by atoms with E-state index in [0.29, 0.717) is 17.8 Å². The second-order valence-electron chi connectivity index (χ2n) is 8.03. The summed E-state index contributed by atoms with van der Waals surface area (Å²) in [6, 6.07) is 8.37. The van der Waals surface area contributed by atoms with Crippen LogP contribution < -0.4 is 0 Å². The van der Waals surface area contributed by atoms with Gasteiger partial charge in [0, 0.05) is 11.8 Å². The van der Waals surface area contributed by atoms with E-state index in [1.165, 1.54) is 28.1 Å². The monoisotopic (exact) mass is 353 g/mol. The summed E-state index contributed by atoms with van der Waals surface area (Å²) in [6.45, 7) is 4.39. The molecule has 3 aliphatic rings. The molecule has 0 N–H and O–H groups in total. The summed E-state index contributed by atoms with van der Waals surface area (Å²) in [7, 11) is 0. The van der Waals surface area contributed by atoms with E-state index in [1.54, 1.807) is 0 Å². The zero-order chi connectivity index (χ0) is 17.1. The Morgan fingerprint density at radius 3 is 2.88 bits per heavy atom. The van der Waals surface area contributed by atoms with Crippen molar-refractivity contribution in [3.8, 4) is 0 Å². The summed E-state index contributed by atoms with van der Waals surface area (Å²) >= 11 is 1.81. The molecular weight excluding hydrogens is 330 g/mol. The van der Waals surface area contributed by atoms with Gasteiger partial charge in [-0.3, -0.25) is 4.79 Å². The number of esters is 1. The lowest BCUT2D eigenvalue weighted by atomic mass is 9.61. The third-order valence-corrected chi connectivity index (χ3v) is 7.54. The maximum Gasteiger partial charge on any atom is 0.313 e. The van der Waals surface area contributed by atoms with Crippen LogP contribution in [0.15, 0.2) is 35.9 Å². The number of carbonyl (C=O) groups excluding carboxylic acids is 1. The van der Waals surface area contributed by atoms with Crippen LogP contribution in [0.5, 0.6) is 0 Å². The average molecular weight is 353 g/mol. The predicted octanol–water partition coefficient (Wildman–Crippen LogP) is 4.93. The SMILES string of the molecule is C[C@@H]1CC[C@@H]2C(=C[C@H]3C(=O)O[C@H](C)[C@H]3[C@H]2c2nc3ccccc3s2)C1. The van der Waals surface area contributed by atoms with E-state index < -0.39 is 0 Å². The van der Waals surface area contributed by atoms with Crippen LogP contribution in [0.25, 0.3) is 10.2 Å². The molecule has 5 rings (SSSR count). The fourth-order valence-electron chi connectivity index (χ4n) is 5.26. The summed E-state index contributed by atoms with van der Waals surface area (Å²) < 4.78 is 6.90. The Bertz CT molecular complexity index is 837. The third-order valence-electron chi connectivity index (χ3n) is 6.40. The number of hydrogen-bond donors (Lipinski definition) is 0. The Kier molecular flexibility index (Phi) is 3.53. The fraction of sp³-hybridized carbons (Fsp3) is 0.524. The molecule has 1 aromatic carbocycles. The van der Waals surface area contributed by atoms with Crippen molar-refractivity contribution in [3.05, 3.63) is 40.9 Å². The van der Waals surface area contributed by atoms with Crippen LogP contribution in [0.1, 0.15) is 44.0 Å². The fourth-order valence-corrected chi connectivity index (χ4v) is 6.45. The summed E-state index contributed by atoms with van der Waals surface area (Å²) in [5.74, 6) is 1.67. The van der Waals surface area contributed by atoms with Crippen LogP contribution >= 0.6 is 11.3 Å². The van der Waals surface area contributed by atoms with Gasteiger partial charge in [0.05, 0.1) is 21.1 Å². The van der Waals surface area contributed by atoms with Gasteiger partial charge in [-0.05, 0) is 50.2 Å². The topological polar surface area (TPSA) is 39.2 Å². The largest absolute Gasteiger partial charge is 0.462 e. The maximum atomic E-state index is 12.4. The number of ether oxygens (including phenoxy) is 1. The Labute approximate surface area is 152 Å². The molecule has 2 fully saturated rings. The Balaban J connectivity index is 1.64. The Morgan fingerprint density at radius 2 is 2.04 bits per heavy atom. The molecule has 0 bridgehead atoms. The molecule has 2 aliphatic carbocycles. The number of para-hydroxylation sites is 1. The minimum Gasteiger partial charge on any atom is -0.462 e. The molecule has 2 aromatic rings. The van der Waals surface area contributed by atoms with Crippen molar-refractivity contribution in [1.82, 2.24) is 4.98 Å². The van der Waals surface area contributed by atoms with Gasteiger partial charge in [0.1, 0.15) is 6.10 Å². The van der Waals surface area contributed by atoms with Gasteiger partial charge >= 0.3 is 5.97 Å². The van der Waals surface area contributed by atoms with Gasteiger partial charge in [-0.2, -0.15) is 0 Å². The molecule has 2 heterocycles. The lowest BCUT2D eigenvalue weighted by molar-refractivity contribution is -0.142. The highest BCUT2D eigenvalue weighted by molar-refractivity contribution is 7.18. The zero-order valence-electron chi connectivity index (χ0n) is 14.6. The van der Waals surface area contributed by atoms with Gasteiger partial charge in [-0.1, -0.05) is 30.7 Å². The average Bonchev–Trinajstić information content (AvgIpc) is 3.14. The molecule has 6 atom stereocenters. The van der Waals surface area contributed by atoms with Gasteiger partial charge in [0.15, 0.2) is 0 Å². The Morgan fingerprint density at radius 1 is 1.20 bits per heavy atom. The summed E-state index contributed by atoms with van der Waals surface area (Å²) in [6.07, 6.45) is 5.84. The number of rotatable bonds is 1. The van der Waals surface area contributed by atoms with Crippen molar-refractivity contribution >= 4 is 27.5 Å². The van der Waals surface area contributed by atoms with Crippen LogP contribution in [0.2, 0.25) is 0 Å². The van der Waals surface area contributed by atoms with Gasteiger partial charge in [0.25, 0.3) is 0 Å². The molecule has 1 saturated heterocycles. The van der Waals surface area contributed by atoms with E-state index in [2.05, 4.69) is 38.1 Å². The normalized spacial score (nSPS) is 37.4. The van der Waals surface area contributed by atoms with Crippen molar-refractivity contribution in [2.45, 2.75) is 45.1 Å². The number of thiazole rings is 1. The lowest BCUT2D eigenvalue weighted by Gasteiger charge is -2.42. The van der Waals surface area contributed by atoms with E-state index in [-0.39, 0.29) is 23.9 Å². The van der Waals surface area contributed by atoms with Crippen LogP contribution in [0.4, 0.5) is 0 Å². The van der Waals surface area contributed by atoms with Gasteiger partial charge in [-0.25, -0.2) is 4.98 Å². The molecule has 25 heavy (non-hydrogen) atoms. The minimum atomic E-state index is -0.0800. The molecule has 3 nitrogen and oxygen atoms in total. The van der Waals surface area contributed by atoms with Crippen molar-refractivity contribution < 1.29 is 9.53 Å². The molecule has 0 unspecified atom stereocenters. The summed E-state index contributed by atoms with van der Waals surface area (Å²) in [5.41, 5.74) is 2.56. The van der Waals surface area contributed by atoms with E-state index in [9.17, 15) is 4.79 Å². The number of hydrogen-bond acceptors (Lipinski definition) is 4. The number of carbonyl (C=O) groups is 1. The number of allylic oxidation sites excluding steroid dienone is 1. The first-order chi connectivity index (χ1) is 12.1. The highest BCUT2D eigenvalue weighted by Crippen LogP contribution is 2.55. The van der Waals surface area contributed by atoms with Crippen molar-refractivity contribution in [1.29, 1.82) is 0 Å². The summed E-state index contributed by atoms with van der Waals surface area (Å²) in [5, 5.41) is 1.20. The van der Waals surface area contributed by atoms with E-state index in [0.717, 1.165) is 11.9 Å². The first-order valence-corrected chi connectivity index (χ1v) is 10.2. The van der Waals surface area contributed by atoms with Gasteiger partial charge in [-0.15, -0.1) is 11.3 Å². The van der Waals surface area contributed by atoms with Crippen molar-refractivity contribution in [2.75, 3.05) is 0 Å². The van der Waals surface area contributed by atoms with Crippen LogP contribution in [-0.4, -0.2) is 17.1 Å². The van der Waals surface area contributed by atoms with Crippen molar-refractivity contribution in [3.63, 3.8) is 0 Å². The number of aromatic nitrogens is 1. The molecule has 0 amide bonds. The van der Waals surface area contributed by atoms with Crippen LogP contribution in [0.3, 0.4) is 0 Å². The molecule has 130 valence electrons. The third kappa shape index (κ3) is 2.37. The van der Waals surface area contributed by atoms with E-state index in [1.807, 2.05) is 17.4 Å². The summed E-state index contributed by atoms with van der Waals surface area (Å²) in [4.78, 5) is 17.4. The maximum absolute atomic E-state index is 12.4. The van der Waals surface area contributed by atoms with Gasteiger partial charge < -0.3 is 4.74 Å². The minimum absolute atomic E-state index is 0.0216. The second-order valence-corrected chi connectivity index (χ2v) is 9.09. The Hall–Kier alpha value is -1.68. The lowest BCUT2D eigenvalue weighted by Crippen LogP contribution is -2.37. The number of benzene rings is 1. The quantitative estimate of drug-likeness (QED) is 0.539. The van der Waals surface area contributed by atoms with Gasteiger partial charge in [0.2, 0.25) is 0 Å². The van der Waals surface area contributed by atoms with Crippen LogP contribution in [-0.2, 0) is 9.53 Å². The molecule has 1 saturated carbocycles. The highest BCUT2D eigenvalue weighted by atomic mass is 32.1. The van der Waals surface area contributed by atoms with E-state index >= 15 is 0 Å². The predicted molar refractivity (Wildman–Crippen MR) is 99.5 cm³/mol. The molecular formula is C21H23NO2S. The second kappa shape index (κ2) is 5.66. The van der Waals surface area contributed by atoms with Crippen molar-refractivity contribution in [2.24, 2.45) is 23.7 Å². The molecule has 4 heteroatoms. The zero-order valence-corrected chi connectivity index (χ0v) is 15.5. The number of fused-ring (bicyclic) bond motifs is 3. The molecule has 1 aromatic heterocycles. The smallest absolute Gasteiger partial charge is 0.313 e. The highest BCUT2D eigenvalue weighted by Gasteiger charge is 2.53.